The van der Waals surface area contributed by atoms with Gasteiger partial charge in [0.25, 0.3) is 0 Å². The van der Waals surface area contributed by atoms with Crippen LogP contribution in [0.2, 0.25) is 0 Å². The van der Waals surface area contributed by atoms with E-state index < -0.39 is 0 Å². The molecule has 3 heterocycles. The summed E-state index contributed by atoms with van der Waals surface area (Å²) in [6.45, 7) is 1.88. The van der Waals surface area contributed by atoms with Gasteiger partial charge in [-0.05, 0) is 25.5 Å². The number of nitrogens with one attached hydrogen (secondary N) is 1. The molecule has 1 saturated heterocycles. The van der Waals surface area contributed by atoms with Crippen LogP contribution in [0.4, 0.5) is 5.69 Å². The van der Waals surface area contributed by atoms with Crippen molar-refractivity contribution in [2.75, 3.05) is 12.4 Å². The van der Waals surface area contributed by atoms with Gasteiger partial charge in [-0.15, -0.1) is 0 Å². The number of aromatic nitrogens is 3. The molecule has 0 spiro atoms. The maximum absolute atomic E-state index is 12.8. The van der Waals surface area contributed by atoms with E-state index in [4.69, 9.17) is 0 Å². The minimum absolute atomic E-state index is 0.0488. The van der Waals surface area contributed by atoms with E-state index in [2.05, 4.69) is 15.4 Å². The minimum Gasteiger partial charge on any atom is -0.338 e. The fraction of sp³-hybridized carbons (Fsp3) is 0.412. The number of pyridine rings is 1. The van der Waals surface area contributed by atoms with Crippen molar-refractivity contribution < 1.29 is 9.59 Å². The highest BCUT2D eigenvalue weighted by molar-refractivity contribution is 5.94. The van der Waals surface area contributed by atoms with Gasteiger partial charge in [0.1, 0.15) is 0 Å². The van der Waals surface area contributed by atoms with Crippen molar-refractivity contribution >= 4 is 17.5 Å². The zero-order chi connectivity index (χ0) is 17.3. The molecule has 126 valence electrons. The standard InChI is InChI=1S/C17H21N5O2/c1-11-8-13(6-7-18-11)20-17(24)14-4-5-15(23)22(3)16(14)12-9-19-21(2)10-12/h6-10,14,16H,4-5H2,1-3H3,(H,18,20,24)/t14-,16+/m0/s1. The molecule has 24 heavy (non-hydrogen) atoms. The van der Waals surface area contributed by atoms with Crippen LogP contribution in [0.15, 0.2) is 30.7 Å². The Hall–Kier alpha value is -2.70. The molecule has 1 fully saturated rings. The van der Waals surface area contributed by atoms with Crippen LogP contribution in [0, 0.1) is 12.8 Å². The predicted octanol–water partition coefficient (Wildman–Crippen LogP) is 1.67. The van der Waals surface area contributed by atoms with E-state index in [1.54, 1.807) is 35.1 Å². The lowest BCUT2D eigenvalue weighted by atomic mass is 9.85. The van der Waals surface area contributed by atoms with Gasteiger partial charge in [-0.25, -0.2) is 0 Å². The third-order valence-corrected chi connectivity index (χ3v) is 4.43. The number of carbonyl (C=O) groups excluding carboxylic acids is 2. The Morgan fingerprint density at radius 1 is 1.38 bits per heavy atom. The predicted molar refractivity (Wildman–Crippen MR) is 89.0 cm³/mol. The molecule has 0 aliphatic carbocycles. The molecule has 0 radical (unpaired) electrons. The average molecular weight is 327 g/mol. The van der Waals surface area contributed by atoms with Gasteiger partial charge >= 0.3 is 0 Å². The van der Waals surface area contributed by atoms with E-state index in [1.807, 2.05) is 26.2 Å². The third kappa shape index (κ3) is 3.15. The molecule has 2 aromatic rings. The first-order chi connectivity index (χ1) is 11.5. The van der Waals surface area contributed by atoms with Crippen LogP contribution in [-0.2, 0) is 16.6 Å². The third-order valence-electron chi connectivity index (χ3n) is 4.43. The van der Waals surface area contributed by atoms with E-state index in [-0.39, 0.29) is 23.8 Å². The van der Waals surface area contributed by atoms with Crippen molar-refractivity contribution in [2.45, 2.75) is 25.8 Å². The van der Waals surface area contributed by atoms with Crippen LogP contribution in [0.1, 0.15) is 30.1 Å². The van der Waals surface area contributed by atoms with E-state index in [1.165, 1.54) is 0 Å². The van der Waals surface area contributed by atoms with E-state index in [0.717, 1.165) is 16.9 Å². The molecule has 1 aliphatic rings. The van der Waals surface area contributed by atoms with Crippen molar-refractivity contribution in [3.8, 4) is 0 Å². The summed E-state index contributed by atoms with van der Waals surface area (Å²) in [5.74, 6) is -0.355. The number of amides is 2. The summed E-state index contributed by atoms with van der Waals surface area (Å²) in [5.41, 5.74) is 2.43. The van der Waals surface area contributed by atoms with Gasteiger partial charge in [0.15, 0.2) is 0 Å². The van der Waals surface area contributed by atoms with Crippen molar-refractivity contribution in [1.29, 1.82) is 0 Å². The number of hydrogen-bond donors (Lipinski definition) is 1. The SMILES string of the molecule is Cc1cc(NC(=O)[C@H]2CCC(=O)N(C)[C@@H]2c2cnn(C)c2)ccn1. The first-order valence-electron chi connectivity index (χ1n) is 7.93. The average Bonchev–Trinajstić information content (AvgIpc) is 2.95. The monoisotopic (exact) mass is 327 g/mol. The Kier molecular flexibility index (Phi) is 4.33. The molecule has 2 amide bonds. The van der Waals surface area contributed by atoms with Gasteiger partial charge in [0, 0.05) is 49.9 Å². The first-order valence-corrected chi connectivity index (χ1v) is 7.93. The second-order valence-corrected chi connectivity index (χ2v) is 6.22. The fourth-order valence-electron chi connectivity index (χ4n) is 3.22. The Balaban J connectivity index is 1.86. The number of piperidine rings is 1. The molecule has 1 aliphatic heterocycles. The quantitative estimate of drug-likeness (QED) is 0.930. The highest BCUT2D eigenvalue weighted by atomic mass is 16.2. The molecular weight excluding hydrogens is 306 g/mol. The summed E-state index contributed by atoms with van der Waals surface area (Å²) in [5, 5.41) is 7.13. The first kappa shape index (κ1) is 16.2. The van der Waals surface area contributed by atoms with Crippen molar-refractivity contribution in [2.24, 2.45) is 13.0 Å². The van der Waals surface area contributed by atoms with Crippen LogP contribution in [0.3, 0.4) is 0 Å². The Morgan fingerprint density at radius 2 is 2.17 bits per heavy atom. The molecule has 0 unspecified atom stereocenters. The molecule has 0 saturated carbocycles. The lowest BCUT2D eigenvalue weighted by molar-refractivity contribution is -0.140. The summed E-state index contributed by atoms with van der Waals surface area (Å²) < 4.78 is 1.68. The van der Waals surface area contributed by atoms with Gasteiger partial charge in [0.05, 0.1) is 18.2 Å². The normalized spacial score (nSPS) is 21.0. The maximum atomic E-state index is 12.8. The number of likely N-dealkylation sites (tertiary alicyclic amines) is 1. The number of carbonyl (C=O) groups is 2. The summed E-state index contributed by atoms with van der Waals surface area (Å²) in [6, 6.07) is 3.29. The van der Waals surface area contributed by atoms with Crippen LogP contribution in [0.5, 0.6) is 0 Å². The van der Waals surface area contributed by atoms with Gasteiger partial charge in [0.2, 0.25) is 11.8 Å². The van der Waals surface area contributed by atoms with Gasteiger partial charge in [-0.3, -0.25) is 19.3 Å². The van der Waals surface area contributed by atoms with Crippen LogP contribution < -0.4 is 5.32 Å². The van der Waals surface area contributed by atoms with Gasteiger partial charge in [-0.1, -0.05) is 0 Å². The summed E-state index contributed by atoms with van der Waals surface area (Å²) in [4.78, 5) is 30.7. The Bertz CT molecular complexity index is 770. The number of rotatable bonds is 3. The zero-order valence-electron chi connectivity index (χ0n) is 14.1. The number of nitrogens with zero attached hydrogens (tertiary/aromatic N) is 4. The second-order valence-electron chi connectivity index (χ2n) is 6.22. The molecule has 3 rings (SSSR count). The summed E-state index contributed by atoms with van der Waals surface area (Å²) >= 11 is 0. The van der Waals surface area contributed by atoms with E-state index in [0.29, 0.717) is 12.8 Å². The molecule has 2 atom stereocenters. The smallest absolute Gasteiger partial charge is 0.229 e. The molecule has 1 N–H and O–H groups in total. The number of aryl methyl sites for hydroxylation is 2. The second kappa shape index (κ2) is 6.43. The van der Waals surface area contributed by atoms with Gasteiger partial charge in [-0.2, -0.15) is 5.10 Å². The summed E-state index contributed by atoms with van der Waals surface area (Å²) in [7, 11) is 3.57. The van der Waals surface area contributed by atoms with E-state index >= 15 is 0 Å². The molecule has 0 bridgehead atoms. The van der Waals surface area contributed by atoms with Gasteiger partial charge < -0.3 is 10.2 Å². The number of anilines is 1. The van der Waals surface area contributed by atoms with Crippen molar-refractivity contribution in [3.05, 3.63) is 42.0 Å². The Morgan fingerprint density at radius 3 is 2.83 bits per heavy atom. The van der Waals surface area contributed by atoms with Crippen LogP contribution in [-0.4, -0.2) is 38.5 Å². The summed E-state index contributed by atoms with van der Waals surface area (Å²) in [6.07, 6.45) is 6.15. The number of hydrogen-bond acceptors (Lipinski definition) is 4. The van der Waals surface area contributed by atoms with E-state index in [9.17, 15) is 9.59 Å². The van der Waals surface area contributed by atoms with Crippen LogP contribution in [0.25, 0.3) is 0 Å². The van der Waals surface area contributed by atoms with Crippen molar-refractivity contribution in [1.82, 2.24) is 19.7 Å². The largest absolute Gasteiger partial charge is 0.338 e. The maximum Gasteiger partial charge on any atom is 0.229 e. The zero-order valence-corrected chi connectivity index (χ0v) is 14.1. The highest BCUT2D eigenvalue weighted by Gasteiger charge is 2.39. The molecular formula is C17H21N5O2. The fourth-order valence-corrected chi connectivity index (χ4v) is 3.22. The topological polar surface area (TPSA) is 80.1 Å². The van der Waals surface area contributed by atoms with Crippen molar-refractivity contribution in [3.63, 3.8) is 0 Å². The Labute approximate surface area is 140 Å². The molecule has 7 heteroatoms. The minimum atomic E-state index is -0.314. The molecule has 2 aromatic heterocycles. The molecule has 0 aromatic carbocycles. The highest BCUT2D eigenvalue weighted by Crippen LogP contribution is 2.36. The lowest BCUT2D eigenvalue weighted by Crippen LogP contribution is -2.44. The van der Waals surface area contributed by atoms with Crippen LogP contribution >= 0.6 is 0 Å². The lowest BCUT2D eigenvalue weighted by Gasteiger charge is -2.37. The molecule has 7 nitrogen and oxygen atoms in total.